The molecule has 0 bridgehead atoms. The molecule has 2 aliphatic heterocycles. The summed E-state index contributed by atoms with van der Waals surface area (Å²) in [6, 6.07) is 14.5. The lowest BCUT2D eigenvalue weighted by molar-refractivity contribution is -0.121. The summed E-state index contributed by atoms with van der Waals surface area (Å²) in [5.41, 5.74) is 4.22. The molecule has 242 valence electrons. The highest BCUT2D eigenvalue weighted by Crippen LogP contribution is 2.33. The van der Waals surface area contributed by atoms with E-state index in [1.807, 2.05) is 34.5 Å². The second-order valence-corrected chi connectivity index (χ2v) is 13.1. The maximum Gasteiger partial charge on any atom is 0.243 e. The van der Waals surface area contributed by atoms with Crippen LogP contribution < -0.4 is 15.5 Å². The van der Waals surface area contributed by atoms with Gasteiger partial charge in [0.15, 0.2) is 0 Å². The standard InChI is InChI=1S/C28H36N4O5S2.CH3NO2.ClH/c1-36-22-6-8-23(9-7-22)39(34,35)31-12-10-25-24-4-2-3-5-26(24)32(27(25)20-31)21-28(33)29-11-18-38-19-15-30-13-16-37-17-14-30;3-1-2-4;/h2-9H,10-21H2,1H3,(H,29,33);1,4H,(H,2,3);1H. The number of hydroxylamine groups is 1. The first-order valence-corrected chi connectivity index (χ1v) is 16.7. The zero-order valence-electron chi connectivity index (χ0n) is 24.6. The Labute approximate surface area is 268 Å². The number of nitrogens with one attached hydrogen (secondary N) is 2. The molecule has 0 unspecified atom stereocenters. The number of fused-ring (bicyclic) bond motifs is 3. The first-order chi connectivity index (χ1) is 20.9. The van der Waals surface area contributed by atoms with E-state index in [1.165, 1.54) is 9.79 Å². The van der Waals surface area contributed by atoms with Crippen molar-refractivity contribution >= 4 is 57.4 Å². The number of ether oxygens (including phenoxy) is 2. The minimum absolute atomic E-state index is 0. The highest BCUT2D eigenvalue weighted by Gasteiger charge is 2.32. The van der Waals surface area contributed by atoms with Gasteiger partial charge in [0.2, 0.25) is 22.3 Å². The fraction of sp³-hybridized carbons (Fsp3) is 0.448. The molecule has 44 heavy (non-hydrogen) atoms. The predicted octanol–water partition coefficient (Wildman–Crippen LogP) is 2.12. The Morgan fingerprint density at radius 1 is 1.09 bits per heavy atom. The number of carbonyl (C=O) groups is 2. The van der Waals surface area contributed by atoms with Crippen LogP contribution in [0.25, 0.3) is 10.9 Å². The molecule has 12 nitrogen and oxygen atoms in total. The quantitative estimate of drug-likeness (QED) is 0.114. The van der Waals surface area contributed by atoms with Gasteiger partial charge in [0.1, 0.15) is 12.3 Å². The number of amides is 2. The minimum atomic E-state index is -3.69. The number of aromatic nitrogens is 1. The Hall–Kier alpha value is -2.85. The van der Waals surface area contributed by atoms with E-state index in [0.29, 0.717) is 25.3 Å². The Kier molecular flexibility index (Phi) is 14.2. The van der Waals surface area contributed by atoms with Gasteiger partial charge in [-0.2, -0.15) is 16.1 Å². The summed E-state index contributed by atoms with van der Waals surface area (Å²) in [5, 5.41) is 11.4. The lowest BCUT2D eigenvalue weighted by atomic mass is 10.0. The highest BCUT2D eigenvalue weighted by atomic mass is 35.5. The van der Waals surface area contributed by atoms with Crippen molar-refractivity contribution in [1.82, 2.24) is 24.6 Å². The van der Waals surface area contributed by atoms with Crippen LogP contribution in [-0.2, 0) is 43.9 Å². The van der Waals surface area contributed by atoms with Gasteiger partial charge in [-0.3, -0.25) is 19.7 Å². The second kappa shape index (κ2) is 17.6. The Bertz CT molecular complexity index is 1460. The number of thioether (sulfide) groups is 1. The van der Waals surface area contributed by atoms with Crippen molar-refractivity contribution in [3.05, 3.63) is 59.8 Å². The second-order valence-electron chi connectivity index (χ2n) is 9.96. The van der Waals surface area contributed by atoms with E-state index in [4.69, 9.17) is 19.5 Å². The molecule has 0 atom stereocenters. The van der Waals surface area contributed by atoms with Crippen LogP contribution in [0.4, 0.5) is 0 Å². The number of nitrogens with zero attached hydrogens (tertiary/aromatic N) is 3. The molecule has 2 amide bonds. The molecule has 1 saturated heterocycles. The molecule has 3 N–H and O–H groups in total. The molecule has 1 aromatic heterocycles. The zero-order chi connectivity index (χ0) is 30.7. The summed E-state index contributed by atoms with van der Waals surface area (Å²) in [4.78, 5) is 24.4. The monoisotopic (exact) mass is 669 g/mol. The number of morpholine rings is 1. The highest BCUT2D eigenvalue weighted by molar-refractivity contribution is 7.99. The number of sulfonamides is 1. The van der Waals surface area contributed by atoms with E-state index < -0.39 is 10.0 Å². The normalized spacial score (nSPS) is 15.3. The van der Waals surface area contributed by atoms with Gasteiger partial charge in [-0.15, -0.1) is 12.4 Å². The lowest BCUT2D eigenvalue weighted by Gasteiger charge is -2.28. The number of carbonyl (C=O) groups excluding carboxylic acids is 2. The van der Waals surface area contributed by atoms with Crippen molar-refractivity contribution in [3.8, 4) is 5.75 Å². The van der Waals surface area contributed by atoms with Crippen LogP contribution in [0, 0.1) is 0 Å². The third-order valence-corrected chi connectivity index (χ3v) is 10.2. The number of benzene rings is 2. The Morgan fingerprint density at radius 2 is 1.80 bits per heavy atom. The number of hydrogen-bond donors (Lipinski definition) is 3. The predicted molar refractivity (Wildman–Crippen MR) is 172 cm³/mol. The van der Waals surface area contributed by atoms with Crippen LogP contribution >= 0.6 is 24.2 Å². The number of halogens is 1. The summed E-state index contributed by atoms with van der Waals surface area (Å²) < 4.78 is 41.0. The maximum absolute atomic E-state index is 13.5. The van der Waals surface area contributed by atoms with Crippen LogP contribution in [0.5, 0.6) is 5.75 Å². The van der Waals surface area contributed by atoms with Crippen LogP contribution in [0.3, 0.4) is 0 Å². The van der Waals surface area contributed by atoms with Crippen molar-refractivity contribution in [2.75, 3.05) is 64.6 Å². The van der Waals surface area contributed by atoms with Crippen molar-refractivity contribution in [1.29, 1.82) is 0 Å². The average molecular weight is 670 g/mol. The van der Waals surface area contributed by atoms with Crippen molar-refractivity contribution in [2.24, 2.45) is 0 Å². The summed E-state index contributed by atoms with van der Waals surface area (Å²) in [6.07, 6.45) is 0.777. The maximum atomic E-state index is 13.5. The van der Waals surface area contributed by atoms with Gasteiger partial charge in [-0.1, -0.05) is 18.2 Å². The molecule has 3 heterocycles. The van der Waals surface area contributed by atoms with Crippen LogP contribution in [0.1, 0.15) is 11.3 Å². The molecule has 2 aromatic carbocycles. The van der Waals surface area contributed by atoms with Gasteiger partial charge in [0.05, 0.1) is 31.8 Å². The fourth-order valence-corrected chi connectivity index (χ4v) is 7.48. The van der Waals surface area contributed by atoms with Gasteiger partial charge in [0, 0.05) is 60.8 Å². The van der Waals surface area contributed by atoms with E-state index in [0.717, 1.165) is 66.5 Å². The largest absolute Gasteiger partial charge is 0.497 e. The molecule has 5 rings (SSSR count). The average Bonchev–Trinajstić information content (AvgIpc) is 3.35. The number of para-hydroxylation sites is 1. The Balaban J connectivity index is 0.000000998. The van der Waals surface area contributed by atoms with Gasteiger partial charge in [-0.25, -0.2) is 13.9 Å². The molecule has 1 fully saturated rings. The van der Waals surface area contributed by atoms with Gasteiger partial charge in [0.25, 0.3) is 0 Å². The first kappa shape index (κ1) is 35.6. The smallest absolute Gasteiger partial charge is 0.243 e. The van der Waals surface area contributed by atoms with E-state index in [2.05, 4.69) is 16.3 Å². The number of hydrogen-bond acceptors (Lipinski definition) is 9. The van der Waals surface area contributed by atoms with Gasteiger partial charge >= 0.3 is 0 Å². The molecular weight excluding hydrogens is 630 g/mol. The third kappa shape index (κ3) is 9.10. The zero-order valence-corrected chi connectivity index (χ0v) is 27.1. The van der Waals surface area contributed by atoms with Crippen molar-refractivity contribution in [3.63, 3.8) is 0 Å². The molecule has 0 spiro atoms. The Morgan fingerprint density at radius 3 is 2.48 bits per heavy atom. The molecule has 3 aromatic rings. The summed E-state index contributed by atoms with van der Waals surface area (Å²) >= 11 is 1.84. The van der Waals surface area contributed by atoms with Crippen LogP contribution in [-0.4, -0.2) is 104 Å². The van der Waals surface area contributed by atoms with Gasteiger partial charge < -0.3 is 19.4 Å². The summed E-state index contributed by atoms with van der Waals surface area (Å²) in [7, 11) is -2.14. The molecule has 15 heteroatoms. The van der Waals surface area contributed by atoms with Crippen molar-refractivity contribution < 1.29 is 32.7 Å². The summed E-state index contributed by atoms with van der Waals surface area (Å²) in [5.74, 6) is 2.43. The minimum Gasteiger partial charge on any atom is -0.497 e. The van der Waals surface area contributed by atoms with Crippen LogP contribution in [0.2, 0.25) is 0 Å². The first-order valence-electron chi connectivity index (χ1n) is 14.1. The van der Waals surface area contributed by atoms with E-state index in [1.54, 1.807) is 31.4 Å². The fourth-order valence-electron chi connectivity index (χ4n) is 5.24. The molecule has 0 aliphatic carbocycles. The van der Waals surface area contributed by atoms with Gasteiger partial charge in [-0.05, 0) is 42.3 Å². The third-order valence-electron chi connectivity index (χ3n) is 7.41. The number of rotatable bonds is 12. The lowest BCUT2D eigenvalue weighted by Crippen LogP contribution is -2.38. The van der Waals surface area contributed by atoms with E-state index >= 15 is 0 Å². The van der Waals surface area contributed by atoms with E-state index in [9.17, 15) is 13.2 Å². The molecule has 2 aliphatic rings. The SMILES string of the molecule is COc1ccc(S(=O)(=O)N2CCc3c(n(CC(=O)NCCSCCN4CCOCC4)c4ccccc34)C2)cc1.Cl.O=CNO. The summed E-state index contributed by atoms with van der Waals surface area (Å²) in [6.45, 7) is 6.02. The van der Waals surface area contributed by atoms with E-state index in [-0.39, 0.29) is 42.7 Å². The molecular formula is C29H40ClN5O7S2. The van der Waals surface area contributed by atoms with Crippen molar-refractivity contribution in [2.45, 2.75) is 24.4 Å². The van der Waals surface area contributed by atoms with Crippen LogP contribution in [0.15, 0.2) is 53.4 Å². The number of methoxy groups -OCH3 is 1. The topological polar surface area (TPSA) is 142 Å². The molecule has 0 saturated carbocycles. The molecule has 0 radical (unpaired) electrons.